The van der Waals surface area contributed by atoms with E-state index in [1.54, 1.807) is 33.2 Å². The summed E-state index contributed by atoms with van der Waals surface area (Å²) in [6.07, 6.45) is -8.97. The third kappa shape index (κ3) is 9.06. The van der Waals surface area contributed by atoms with Crippen LogP contribution in [-0.2, 0) is 35.1 Å². The molecule has 3 rings (SSSR count). The largest absolute Gasteiger partial charge is 0.394 e. The van der Waals surface area contributed by atoms with Gasteiger partial charge in [-0.3, -0.25) is 9.82 Å². The Bertz CT molecular complexity index is 885. The molecule has 14 heteroatoms. The molecule has 1 aromatic rings. The van der Waals surface area contributed by atoms with E-state index < -0.39 is 74.1 Å². The Morgan fingerprint density at radius 2 is 1.73 bits per heavy atom. The smallest absolute Gasteiger partial charge is 0.187 e. The maximum absolute atomic E-state index is 10.8. The van der Waals surface area contributed by atoms with Crippen molar-refractivity contribution in [1.29, 1.82) is 0 Å². The van der Waals surface area contributed by atoms with E-state index >= 15 is 0 Å². The highest BCUT2D eigenvalue weighted by molar-refractivity contribution is 5.15. The van der Waals surface area contributed by atoms with Crippen LogP contribution in [0.5, 0.6) is 0 Å². The summed E-state index contributed by atoms with van der Waals surface area (Å²) in [6, 6.07) is 1.96. The monoisotopic (exact) mass is 575 g/mol. The Morgan fingerprint density at radius 1 is 0.975 bits per heavy atom. The first-order chi connectivity index (χ1) is 18.9. The summed E-state index contributed by atoms with van der Waals surface area (Å²) >= 11 is 0. The van der Waals surface area contributed by atoms with E-state index in [0.29, 0.717) is 19.6 Å². The molecular weight excluding hydrogens is 532 g/mol. The fourth-order valence-corrected chi connectivity index (χ4v) is 4.30. The van der Waals surface area contributed by atoms with E-state index in [-0.39, 0.29) is 12.7 Å². The first-order valence-corrected chi connectivity index (χ1v) is 13.3. The standard InChI is InChI=1S/C26H43N2O12/c1-14-8-15(10-27-9-14)13-36-28-6-5-7-35-24-20(33)18(31)22(16(11-29)37-24)39-25-21(34)19(32)23(17(12-30)38-25)40-26(2,3)4/h8-10,16-22,24-25,28-34H,5-7,11-13H2,1-4H3/t16?,17?,18-,19-,20?,21?,22+,24-,25+/m0/s1. The lowest BCUT2D eigenvalue weighted by Crippen LogP contribution is -2.64. The van der Waals surface area contributed by atoms with E-state index in [1.165, 1.54) is 0 Å². The van der Waals surface area contributed by atoms with E-state index in [2.05, 4.69) is 10.5 Å². The van der Waals surface area contributed by atoms with Crippen LogP contribution >= 0.6 is 0 Å². The number of pyridine rings is 1. The molecule has 2 aliphatic heterocycles. The van der Waals surface area contributed by atoms with Gasteiger partial charge in [-0.25, -0.2) is 5.48 Å². The van der Waals surface area contributed by atoms with Gasteiger partial charge in [-0.1, -0.05) is 6.07 Å². The highest BCUT2D eigenvalue weighted by atomic mass is 16.7. The molecule has 40 heavy (non-hydrogen) atoms. The molecule has 0 aliphatic carbocycles. The van der Waals surface area contributed by atoms with Crippen molar-refractivity contribution in [3.63, 3.8) is 0 Å². The SMILES string of the molecule is Cc1cncc(CONCCCO[C@H]2OC(CO)[C@@H](O[C@H]3OC(CO)[C](OC(C)(C)C)[C@@H](O)C3O)[C@@H](O)C2O)c1. The Balaban J connectivity index is 1.47. The molecule has 9 atom stereocenters. The number of hydrogen-bond donors (Lipinski definition) is 7. The lowest BCUT2D eigenvalue weighted by molar-refractivity contribution is -0.353. The van der Waals surface area contributed by atoms with Crippen LogP contribution in [0.15, 0.2) is 18.5 Å². The number of nitrogens with one attached hydrogen (secondary N) is 1. The van der Waals surface area contributed by atoms with Crippen LogP contribution in [0.4, 0.5) is 0 Å². The molecule has 2 saturated heterocycles. The molecule has 0 bridgehead atoms. The maximum atomic E-state index is 10.8. The summed E-state index contributed by atoms with van der Waals surface area (Å²) in [6.45, 7) is 6.85. The van der Waals surface area contributed by atoms with Gasteiger partial charge < -0.3 is 54.3 Å². The molecule has 1 radical (unpaired) electrons. The molecule has 229 valence electrons. The molecule has 2 aliphatic rings. The molecule has 0 spiro atoms. The quantitative estimate of drug-likeness (QED) is 0.105. The highest BCUT2D eigenvalue weighted by Crippen LogP contribution is 2.35. The fourth-order valence-electron chi connectivity index (χ4n) is 4.30. The van der Waals surface area contributed by atoms with Gasteiger partial charge in [0.25, 0.3) is 0 Å². The number of ether oxygens (including phenoxy) is 5. The predicted octanol–water partition coefficient (Wildman–Crippen LogP) is -1.57. The molecule has 3 heterocycles. The second kappa shape index (κ2) is 15.2. The Morgan fingerprint density at radius 3 is 2.38 bits per heavy atom. The van der Waals surface area contributed by atoms with Crippen molar-refractivity contribution in [2.24, 2.45) is 0 Å². The van der Waals surface area contributed by atoms with Crippen LogP contribution in [-0.4, -0.2) is 123 Å². The number of aryl methyl sites for hydroxylation is 1. The van der Waals surface area contributed by atoms with Gasteiger partial charge in [-0.15, -0.1) is 0 Å². The summed E-state index contributed by atoms with van der Waals surface area (Å²) in [4.78, 5) is 9.50. The van der Waals surface area contributed by atoms with Crippen molar-refractivity contribution in [3.8, 4) is 0 Å². The van der Waals surface area contributed by atoms with Gasteiger partial charge in [0, 0.05) is 18.9 Å². The number of nitrogens with zero attached hydrogens (tertiary/aromatic N) is 1. The summed E-state index contributed by atoms with van der Waals surface area (Å²) in [5.74, 6) is 0. The highest BCUT2D eigenvalue weighted by Gasteiger charge is 2.52. The maximum Gasteiger partial charge on any atom is 0.187 e. The Kier molecular flexibility index (Phi) is 12.6. The van der Waals surface area contributed by atoms with Gasteiger partial charge in [0.15, 0.2) is 18.7 Å². The molecule has 2 fully saturated rings. The van der Waals surface area contributed by atoms with Crippen LogP contribution in [0.25, 0.3) is 0 Å². The molecule has 1 aromatic heterocycles. The number of rotatable bonds is 13. The third-order valence-electron chi connectivity index (χ3n) is 6.19. The third-order valence-corrected chi connectivity index (χ3v) is 6.19. The van der Waals surface area contributed by atoms with Crippen molar-refractivity contribution >= 4 is 0 Å². The minimum Gasteiger partial charge on any atom is -0.394 e. The molecule has 7 N–H and O–H groups in total. The van der Waals surface area contributed by atoms with Gasteiger partial charge in [-0.2, -0.15) is 0 Å². The van der Waals surface area contributed by atoms with Crippen molar-refractivity contribution in [1.82, 2.24) is 10.5 Å². The molecule has 0 amide bonds. The number of hydrogen-bond acceptors (Lipinski definition) is 14. The first kappa shape index (κ1) is 33.1. The fraction of sp³-hybridized carbons (Fsp3) is 0.769. The minimum atomic E-state index is -1.66. The van der Waals surface area contributed by atoms with E-state index in [1.807, 2.05) is 13.0 Å². The minimum absolute atomic E-state index is 0.0675. The lowest BCUT2D eigenvalue weighted by atomic mass is 9.96. The average molecular weight is 576 g/mol. The van der Waals surface area contributed by atoms with Crippen molar-refractivity contribution in [3.05, 3.63) is 35.7 Å². The van der Waals surface area contributed by atoms with Gasteiger partial charge in [-0.05, 0) is 45.2 Å². The Hall–Kier alpha value is -1.37. The molecule has 14 nitrogen and oxygen atoms in total. The van der Waals surface area contributed by atoms with Crippen molar-refractivity contribution in [2.45, 2.75) is 102 Å². The summed E-state index contributed by atoms with van der Waals surface area (Å²) in [5, 5.41) is 62.2. The number of aliphatic hydroxyl groups is 6. The second-order valence-corrected chi connectivity index (χ2v) is 10.8. The molecular formula is C26H43N2O12. The second-order valence-electron chi connectivity index (χ2n) is 10.8. The number of aromatic nitrogens is 1. The molecule has 4 unspecified atom stereocenters. The van der Waals surface area contributed by atoms with Crippen LogP contribution < -0.4 is 5.48 Å². The normalized spacial score (nSPS) is 33.8. The molecule has 0 aromatic carbocycles. The lowest BCUT2D eigenvalue weighted by Gasteiger charge is -2.47. The van der Waals surface area contributed by atoms with E-state index in [9.17, 15) is 30.6 Å². The van der Waals surface area contributed by atoms with Crippen LogP contribution in [0, 0.1) is 13.0 Å². The zero-order valence-electron chi connectivity index (χ0n) is 23.3. The zero-order valence-corrected chi connectivity index (χ0v) is 23.3. The van der Waals surface area contributed by atoms with Crippen LogP contribution in [0.2, 0.25) is 0 Å². The first-order valence-electron chi connectivity index (χ1n) is 13.3. The van der Waals surface area contributed by atoms with Crippen molar-refractivity contribution in [2.75, 3.05) is 26.4 Å². The van der Waals surface area contributed by atoms with Gasteiger partial charge in [0.1, 0.15) is 42.7 Å². The number of hydroxylamine groups is 1. The van der Waals surface area contributed by atoms with Gasteiger partial charge in [0.2, 0.25) is 0 Å². The molecule has 0 saturated carbocycles. The summed E-state index contributed by atoms with van der Waals surface area (Å²) in [5.41, 5.74) is 4.02. The Labute approximate surface area is 233 Å². The van der Waals surface area contributed by atoms with Crippen molar-refractivity contribution < 1.29 is 59.2 Å². The summed E-state index contributed by atoms with van der Waals surface area (Å²) < 4.78 is 28.2. The average Bonchev–Trinajstić information content (AvgIpc) is 2.90. The summed E-state index contributed by atoms with van der Waals surface area (Å²) in [7, 11) is 0. The van der Waals surface area contributed by atoms with E-state index in [4.69, 9.17) is 28.5 Å². The topological polar surface area (TPSA) is 202 Å². The predicted molar refractivity (Wildman–Crippen MR) is 137 cm³/mol. The zero-order chi connectivity index (χ0) is 29.4. The van der Waals surface area contributed by atoms with Crippen LogP contribution in [0.1, 0.15) is 38.3 Å². The van der Waals surface area contributed by atoms with E-state index in [0.717, 1.165) is 11.1 Å². The van der Waals surface area contributed by atoms with Gasteiger partial charge >= 0.3 is 0 Å². The van der Waals surface area contributed by atoms with Crippen LogP contribution in [0.3, 0.4) is 0 Å². The number of aliphatic hydroxyl groups excluding tert-OH is 6. The van der Waals surface area contributed by atoms with Gasteiger partial charge in [0.05, 0.1) is 32.0 Å².